The van der Waals surface area contributed by atoms with Crippen LogP contribution in [-0.2, 0) is 6.54 Å². The maximum Gasteiger partial charge on any atom is 0.383 e. The lowest BCUT2D eigenvalue weighted by atomic mass is 10.1. The maximum atomic E-state index is 10.8. The van der Waals surface area contributed by atoms with Crippen molar-refractivity contribution in [2.75, 3.05) is 24.6 Å². The number of ether oxygens (including phenoxy) is 2. The van der Waals surface area contributed by atoms with Gasteiger partial charge >= 0.3 is 11.1 Å². The van der Waals surface area contributed by atoms with Gasteiger partial charge in [-0.25, -0.2) is 4.98 Å². The molecule has 0 aliphatic carbocycles. The van der Waals surface area contributed by atoms with E-state index in [-0.39, 0.29) is 30.4 Å². The van der Waals surface area contributed by atoms with E-state index in [1.54, 1.807) is 6.20 Å². The summed E-state index contributed by atoms with van der Waals surface area (Å²) in [7, 11) is 0. The van der Waals surface area contributed by atoms with E-state index >= 15 is 0 Å². The number of aliphatic hydroxyl groups excluding tert-OH is 1. The molecule has 0 spiro atoms. The van der Waals surface area contributed by atoms with Gasteiger partial charge in [-0.05, 0) is 64.3 Å². The summed E-state index contributed by atoms with van der Waals surface area (Å²) in [6, 6.07) is 11.1. The van der Waals surface area contributed by atoms with Crippen molar-refractivity contribution in [3.63, 3.8) is 0 Å². The summed E-state index contributed by atoms with van der Waals surface area (Å²) in [5.41, 5.74) is 0. The van der Waals surface area contributed by atoms with Crippen molar-refractivity contribution in [3.05, 3.63) is 69.2 Å². The van der Waals surface area contributed by atoms with Crippen LogP contribution in [0.5, 0.6) is 11.5 Å². The molecule has 3 aromatic rings. The van der Waals surface area contributed by atoms with Crippen LogP contribution in [0.1, 0.15) is 19.3 Å². The monoisotopic (exact) mass is 521 g/mol. The van der Waals surface area contributed by atoms with E-state index < -0.39 is 11.0 Å². The van der Waals surface area contributed by atoms with Crippen LogP contribution >= 0.6 is 23.2 Å². The second-order valence-electron chi connectivity index (χ2n) is 8.18. The number of aromatic nitrogens is 3. The molecular weight excluding hydrogens is 497 g/mol. The lowest BCUT2D eigenvalue weighted by Gasteiger charge is -2.33. The number of hydrogen-bond donors (Lipinski definition) is 1. The van der Waals surface area contributed by atoms with Gasteiger partial charge in [0.2, 0.25) is 0 Å². The number of benzene rings is 1. The number of anilines is 1. The molecule has 1 fully saturated rings. The van der Waals surface area contributed by atoms with Gasteiger partial charge in [0.05, 0.1) is 12.3 Å². The Hall–Kier alpha value is -3.08. The zero-order chi connectivity index (χ0) is 24.8. The minimum absolute atomic E-state index is 0.00480. The summed E-state index contributed by atoms with van der Waals surface area (Å²) in [4.78, 5) is 20.5. The van der Waals surface area contributed by atoms with Gasteiger partial charge in [-0.3, -0.25) is 4.57 Å². The van der Waals surface area contributed by atoms with Crippen molar-refractivity contribution < 1.29 is 19.5 Å². The van der Waals surface area contributed by atoms with Gasteiger partial charge in [-0.2, -0.15) is 0 Å². The highest BCUT2D eigenvalue weighted by molar-refractivity contribution is 6.30. The summed E-state index contributed by atoms with van der Waals surface area (Å²) < 4.78 is 13.1. The summed E-state index contributed by atoms with van der Waals surface area (Å²) in [6.07, 6.45) is 4.31. The molecule has 3 heterocycles. The Morgan fingerprint density at radius 1 is 1.14 bits per heavy atom. The van der Waals surface area contributed by atoms with Gasteiger partial charge in [0, 0.05) is 37.5 Å². The Balaban J connectivity index is 1.19. The van der Waals surface area contributed by atoms with Crippen molar-refractivity contribution >= 4 is 34.8 Å². The molecule has 0 radical (unpaired) electrons. The van der Waals surface area contributed by atoms with Gasteiger partial charge in [0.25, 0.3) is 0 Å². The van der Waals surface area contributed by atoms with Gasteiger partial charge in [0.15, 0.2) is 0 Å². The number of pyridine rings is 1. The normalized spacial score (nSPS) is 15.1. The fraction of sp³-hybridized carbons (Fsp3) is 0.391. The zero-order valence-electron chi connectivity index (χ0n) is 18.8. The van der Waals surface area contributed by atoms with Crippen molar-refractivity contribution in [1.29, 1.82) is 0 Å². The first-order valence-electron chi connectivity index (χ1n) is 11.2. The average molecular weight is 522 g/mol. The van der Waals surface area contributed by atoms with Gasteiger partial charge in [-0.15, -0.1) is 0 Å². The molecule has 35 heavy (non-hydrogen) atoms. The first-order chi connectivity index (χ1) is 16.9. The minimum atomic E-state index is -0.785. The molecule has 186 valence electrons. The molecular formula is C23H25Cl2N5O5. The smallest absolute Gasteiger partial charge is 0.383 e. The average Bonchev–Trinajstić information content (AvgIpc) is 3.24. The van der Waals surface area contributed by atoms with Gasteiger partial charge in [-0.1, -0.05) is 11.6 Å². The molecule has 1 N–H and O–H groups in total. The van der Waals surface area contributed by atoms with E-state index in [0.29, 0.717) is 17.2 Å². The molecule has 0 saturated carbocycles. The molecule has 4 rings (SSSR count). The Bertz CT molecular complexity index is 1120. The van der Waals surface area contributed by atoms with Crippen molar-refractivity contribution in [3.8, 4) is 11.5 Å². The van der Waals surface area contributed by atoms with Crippen LogP contribution in [-0.4, -0.2) is 56.5 Å². The third-order valence-corrected chi connectivity index (χ3v) is 6.20. The third-order valence-electron chi connectivity index (χ3n) is 5.65. The molecule has 1 atom stereocenters. The topological polar surface area (TPSA) is 116 Å². The lowest BCUT2D eigenvalue weighted by molar-refractivity contribution is -0.389. The van der Waals surface area contributed by atoms with Crippen LogP contribution in [0, 0.1) is 10.1 Å². The zero-order valence-corrected chi connectivity index (χ0v) is 20.3. The number of piperidine rings is 1. The number of imidazole rings is 1. The molecule has 1 aliphatic heterocycles. The maximum absolute atomic E-state index is 10.8. The van der Waals surface area contributed by atoms with E-state index in [1.807, 2.05) is 36.4 Å². The van der Waals surface area contributed by atoms with Crippen LogP contribution in [0.2, 0.25) is 10.3 Å². The highest BCUT2D eigenvalue weighted by Gasteiger charge is 2.22. The first kappa shape index (κ1) is 25.0. The number of aryl methyl sites for hydroxylation is 1. The SMILES string of the molecule is O=[N+]([O-])c1cn(CCC(O)COc2ccc(N3CCC(Oc4ccc(Cl)cc4)CC3)nc2)c(Cl)n1. The van der Waals surface area contributed by atoms with Gasteiger partial charge < -0.3 is 29.6 Å². The Morgan fingerprint density at radius 3 is 2.49 bits per heavy atom. The van der Waals surface area contributed by atoms with E-state index in [0.717, 1.165) is 37.5 Å². The molecule has 1 unspecified atom stereocenters. The number of nitro groups is 1. The van der Waals surface area contributed by atoms with Crippen molar-refractivity contribution in [1.82, 2.24) is 14.5 Å². The van der Waals surface area contributed by atoms with Crippen molar-refractivity contribution in [2.45, 2.75) is 38.0 Å². The van der Waals surface area contributed by atoms with E-state index in [2.05, 4.69) is 14.9 Å². The number of hydrogen-bond acceptors (Lipinski definition) is 8. The molecule has 12 heteroatoms. The number of halogens is 2. The third kappa shape index (κ3) is 6.97. The Labute approximate surface area is 212 Å². The minimum Gasteiger partial charge on any atom is -0.490 e. The summed E-state index contributed by atoms with van der Waals surface area (Å²) in [5, 5.41) is 21.7. The van der Waals surface area contributed by atoms with Crippen LogP contribution in [0.3, 0.4) is 0 Å². The summed E-state index contributed by atoms with van der Waals surface area (Å²) in [5.74, 6) is 1.90. The van der Waals surface area contributed by atoms with Crippen LogP contribution in [0.15, 0.2) is 48.8 Å². The first-order valence-corrected chi connectivity index (χ1v) is 11.9. The summed E-state index contributed by atoms with van der Waals surface area (Å²) in [6.45, 7) is 2.00. The second kappa shape index (κ2) is 11.6. The van der Waals surface area contributed by atoms with Crippen molar-refractivity contribution in [2.24, 2.45) is 0 Å². The molecule has 10 nitrogen and oxygen atoms in total. The van der Waals surface area contributed by atoms with Gasteiger partial charge in [0.1, 0.15) is 36.2 Å². The molecule has 1 aliphatic rings. The van der Waals surface area contributed by atoms with E-state index in [4.69, 9.17) is 32.7 Å². The number of rotatable bonds is 10. The van der Waals surface area contributed by atoms with Crippen LogP contribution in [0.25, 0.3) is 0 Å². The number of aliphatic hydroxyl groups is 1. The highest BCUT2D eigenvalue weighted by Crippen LogP contribution is 2.24. The highest BCUT2D eigenvalue weighted by atomic mass is 35.5. The van der Waals surface area contributed by atoms with Crippen LogP contribution in [0.4, 0.5) is 11.6 Å². The molecule has 1 aromatic carbocycles. The largest absolute Gasteiger partial charge is 0.490 e. The molecule has 2 aromatic heterocycles. The lowest BCUT2D eigenvalue weighted by Crippen LogP contribution is -2.38. The molecule has 0 bridgehead atoms. The fourth-order valence-corrected chi connectivity index (χ4v) is 4.09. The summed E-state index contributed by atoms with van der Waals surface area (Å²) >= 11 is 11.8. The van der Waals surface area contributed by atoms with Crippen LogP contribution < -0.4 is 14.4 Å². The molecule has 1 saturated heterocycles. The standard InChI is InChI=1S/C23H25Cl2N5O5/c24-16-1-3-18(4-2-16)35-19-8-11-28(12-9-19)21-6-5-20(13-26-21)34-15-17(31)7-10-29-14-22(30(32)33)27-23(29)25/h1-6,13-14,17,19,31H,7-12,15H2. The predicted molar refractivity (Wildman–Crippen MR) is 132 cm³/mol. The fourth-order valence-electron chi connectivity index (χ4n) is 3.74. The Kier molecular flexibility index (Phi) is 8.27. The quantitative estimate of drug-likeness (QED) is 0.308. The predicted octanol–water partition coefficient (Wildman–Crippen LogP) is 4.37. The number of nitrogens with zero attached hydrogens (tertiary/aromatic N) is 5. The van der Waals surface area contributed by atoms with E-state index in [9.17, 15) is 15.2 Å². The van der Waals surface area contributed by atoms with E-state index in [1.165, 1.54) is 10.8 Å². The Morgan fingerprint density at radius 2 is 1.86 bits per heavy atom. The second-order valence-corrected chi connectivity index (χ2v) is 8.96. The molecule has 0 amide bonds.